The number of carbonyl (C=O) groups excluding carboxylic acids is 1. The van der Waals surface area contributed by atoms with E-state index in [1.807, 2.05) is 20.8 Å². The first-order chi connectivity index (χ1) is 11.1. The Labute approximate surface area is 153 Å². The number of ether oxygens (including phenoxy) is 1. The number of likely N-dealkylation sites (tertiary alicyclic amines) is 1. The molecule has 0 aliphatic carbocycles. The summed E-state index contributed by atoms with van der Waals surface area (Å²) in [6, 6.07) is 7.65. The molecule has 2 rings (SSSR count). The minimum absolute atomic E-state index is 0.335. The molecule has 1 aliphatic rings. The second-order valence-electron chi connectivity index (χ2n) is 7.31. The number of nitriles is 1. The van der Waals surface area contributed by atoms with Crippen molar-refractivity contribution in [2.75, 3.05) is 13.1 Å². The van der Waals surface area contributed by atoms with Gasteiger partial charge in [0.2, 0.25) is 0 Å². The van der Waals surface area contributed by atoms with Gasteiger partial charge in [-0.3, -0.25) is 0 Å². The van der Waals surface area contributed by atoms with Gasteiger partial charge in [0, 0.05) is 23.1 Å². The average molecular weight is 369 g/mol. The summed E-state index contributed by atoms with van der Waals surface area (Å²) in [6.45, 7) is 6.43. The second-order valence-corrected chi connectivity index (χ2v) is 8.15. The fourth-order valence-corrected chi connectivity index (χ4v) is 3.31. The zero-order valence-corrected chi connectivity index (χ0v) is 15.7. The standard InChI is InChI=1S/C18H22Cl2N2O2/c1-17(2,3)24-16(23)22-8-4-7-18(11-21,12-22)10-13-9-14(19)5-6-15(13)20/h5-6,9H,4,7-8,10,12H2,1-3H3. The van der Waals surface area contributed by atoms with Gasteiger partial charge in [0.15, 0.2) is 0 Å². The fraction of sp³-hybridized carbons (Fsp3) is 0.556. The normalized spacial score (nSPS) is 21.2. The van der Waals surface area contributed by atoms with Crippen molar-refractivity contribution >= 4 is 29.3 Å². The third kappa shape index (κ3) is 4.78. The Hall–Kier alpha value is -1.44. The first-order valence-corrected chi connectivity index (χ1v) is 8.73. The third-order valence-electron chi connectivity index (χ3n) is 4.00. The van der Waals surface area contributed by atoms with E-state index in [1.54, 1.807) is 23.1 Å². The number of benzene rings is 1. The predicted molar refractivity (Wildman–Crippen MR) is 95.3 cm³/mol. The number of rotatable bonds is 2. The molecule has 0 aromatic heterocycles. The fourth-order valence-electron chi connectivity index (χ4n) is 2.93. The molecule has 1 amide bonds. The van der Waals surface area contributed by atoms with Gasteiger partial charge < -0.3 is 9.64 Å². The van der Waals surface area contributed by atoms with E-state index in [4.69, 9.17) is 27.9 Å². The van der Waals surface area contributed by atoms with Crippen molar-refractivity contribution in [3.63, 3.8) is 0 Å². The van der Waals surface area contributed by atoms with E-state index in [-0.39, 0.29) is 6.09 Å². The van der Waals surface area contributed by atoms with Crippen molar-refractivity contribution in [1.29, 1.82) is 5.26 Å². The van der Waals surface area contributed by atoms with Gasteiger partial charge in [-0.05, 0) is 63.8 Å². The maximum absolute atomic E-state index is 12.3. The summed E-state index contributed by atoms with van der Waals surface area (Å²) in [5.74, 6) is 0. The Bertz CT molecular complexity index is 664. The first-order valence-electron chi connectivity index (χ1n) is 7.97. The Kier molecular flexibility index (Phi) is 5.67. The molecule has 24 heavy (non-hydrogen) atoms. The lowest BCUT2D eigenvalue weighted by molar-refractivity contribution is 0.0111. The molecule has 1 saturated heterocycles. The van der Waals surface area contributed by atoms with Crippen LogP contribution in [0.1, 0.15) is 39.2 Å². The Morgan fingerprint density at radius 3 is 2.75 bits per heavy atom. The van der Waals surface area contributed by atoms with Crippen LogP contribution in [-0.2, 0) is 11.2 Å². The zero-order valence-electron chi connectivity index (χ0n) is 14.2. The van der Waals surface area contributed by atoms with Crippen LogP contribution in [0.4, 0.5) is 4.79 Å². The smallest absolute Gasteiger partial charge is 0.410 e. The largest absolute Gasteiger partial charge is 0.444 e. The zero-order chi connectivity index (χ0) is 18.0. The van der Waals surface area contributed by atoms with Crippen LogP contribution in [0.15, 0.2) is 18.2 Å². The molecule has 1 atom stereocenters. The summed E-state index contributed by atoms with van der Waals surface area (Å²) in [4.78, 5) is 14.0. The van der Waals surface area contributed by atoms with Crippen molar-refractivity contribution in [3.8, 4) is 6.07 Å². The minimum atomic E-state index is -0.677. The second kappa shape index (κ2) is 7.21. The molecule has 1 aromatic carbocycles. The summed E-state index contributed by atoms with van der Waals surface area (Å²) in [5.41, 5.74) is -0.402. The van der Waals surface area contributed by atoms with Crippen molar-refractivity contribution < 1.29 is 9.53 Å². The summed E-state index contributed by atoms with van der Waals surface area (Å²) >= 11 is 12.3. The number of hydrogen-bond donors (Lipinski definition) is 0. The van der Waals surface area contributed by atoms with Crippen molar-refractivity contribution in [1.82, 2.24) is 4.90 Å². The molecule has 0 spiro atoms. The van der Waals surface area contributed by atoms with Gasteiger partial charge in [0.05, 0.1) is 11.5 Å². The van der Waals surface area contributed by atoms with E-state index in [9.17, 15) is 10.1 Å². The van der Waals surface area contributed by atoms with E-state index < -0.39 is 11.0 Å². The summed E-state index contributed by atoms with van der Waals surface area (Å²) in [6.07, 6.45) is 1.55. The molecule has 4 nitrogen and oxygen atoms in total. The average Bonchev–Trinajstić information content (AvgIpc) is 2.49. The molecular weight excluding hydrogens is 347 g/mol. The van der Waals surface area contributed by atoms with E-state index in [1.165, 1.54) is 0 Å². The number of halogens is 2. The molecule has 0 N–H and O–H groups in total. The molecule has 6 heteroatoms. The highest BCUT2D eigenvalue weighted by Gasteiger charge is 2.39. The van der Waals surface area contributed by atoms with Gasteiger partial charge in [0.25, 0.3) is 0 Å². The Balaban J connectivity index is 2.18. The van der Waals surface area contributed by atoms with E-state index in [0.717, 1.165) is 12.0 Å². The lowest BCUT2D eigenvalue weighted by Gasteiger charge is -2.39. The number of carbonyl (C=O) groups is 1. The van der Waals surface area contributed by atoms with Crippen molar-refractivity contribution in [3.05, 3.63) is 33.8 Å². The first kappa shape index (κ1) is 18.9. The number of hydrogen-bond acceptors (Lipinski definition) is 3. The molecule has 130 valence electrons. The summed E-state index contributed by atoms with van der Waals surface area (Å²) < 4.78 is 5.44. The molecule has 1 unspecified atom stereocenters. The van der Waals surface area contributed by atoms with Crippen LogP contribution in [0, 0.1) is 16.7 Å². The SMILES string of the molecule is CC(C)(C)OC(=O)N1CCCC(C#N)(Cc2cc(Cl)ccc2Cl)C1. The lowest BCUT2D eigenvalue weighted by Crippen LogP contribution is -2.48. The van der Waals surface area contributed by atoms with Gasteiger partial charge in [-0.1, -0.05) is 23.2 Å². The molecule has 0 radical (unpaired) electrons. The highest BCUT2D eigenvalue weighted by atomic mass is 35.5. The number of piperidine rings is 1. The Morgan fingerprint density at radius 1 is 1.42 bits per heavy atom. The maximum atomic E-state index is 12.3. The van der Waals surface area contributed by atoms with Crippen LogP contribution in [-0.4, -0.2) is 29.7 Å². The van der Waals surface area contributed by atoms with Crippen LogP contribution < -0.4 is 0 Å². The van der Waals surface area contributed by atoms with Crippen LogP contribution in [0.3, 0.4) is 0 Å². The molecule has 1 aliphatic heterocycles. The maximum Gasteiger partial charge on any atom is 0.410 e. The minimum Gasteiger partial charge on any atom is -0.444 e. The third-order valence-corrected chi connectivity index (χ3v) is 4.61. The molecule has 0 bridgehead atoms. The van der Waals surface area contributed by atoms with Gasteiger partial charge in [0.1, 0.15) is 5.60 Å². The quantitative estimate of drug-likeness (QED) is 0.731. The topological polar surface area (TPSA) is 53.3 Å². The molecule has 1 aromatic rings. The summed E-state index contributed by atoms with van der Waals surface area (Å²) in [7, 11) is 0. The van der Waals surface area contributed by atoms with Crippen LogP contribution >= 0.6 is 23.2 Å². The lowest BCUT2D eigenvalue weighted by atomic mass is 9.76. The number of nitrogens with zero attached hydrogens (tertiary/aromatic N) is 2. The molecule has 1 heterocycles. The van der Waals surface area contributed by atoms with E-state index in [2.05, 4.69) is 6.07 Å². The highest BCUT2D eigenvalue weighted by Crippen LogP contribution is 2.36. The van der Waals surface area contributed by atoms with Gasteiger partial charge in [-0.25, -0.2) is 4.79 Å². The molecule has 1 fully saturated rings. The van der Waals surface area contributed by atoms with Crippen molar-refractivity contribution in [2.24, 2.45) is 5.41 Å². The van der Waals surface area contributed by atoms with Gasteiger partial charge in [-0.15, -0.1) is 0 Å². The predicted octanol–water partition coefficient (Wildman–Crippen LogP) is 5.08. The number of amides is 1. The van der Waals surface area contributed by atoms with Crippen LogP contribution in [0.2, 0.25) is 10.0 Å². The summed E-state index contributed by atoms with van der Waals surface area (Å²) in [5, 5.41) is 11.0. The van der Waals surface area contributed by atoms with E-state index in [0.29, 0.717) is 36.0 Å². The monoisotopic (exact) mass is 368 g/mol. The van der Waals surface area contributed by atoms with Crippen LogP contribution in [0.25, 0.3) is 0 Å². The van der Waals surface area contributed by atoms with E-state index >= 15 is 0 Å². The molecular formula is C18H22Cl2N2O2. The Morgan fingerprint density at radius 2 is 2.12 bits per heavy atom. The van der Waals surface area contributed by atoms with Crippen LogP contribution in [0.5, 0.6) is 0 Å². The highest BCUT2D eigenvalue weighted by molar-refractivity contribution is 6.33. The van der Waals surface area contributed by atoms with Crippen molar-refractivity contribution in [2.45, 2.75) is 45.6 Å². The van der Waals surface area contributed by atoms with Gasteiger partial charge in [-0.2, -0.15) is 5.26 Å². The van der Waals surface area contributed by atoms with Gasteiger partial charge >= 0.3 is 6.09 Å². The molecule has 0 saturated carbocycles.